The summed E-state index contributed by atoms with van der Waals surface area (Å²) in [5.74, 6) is 0.568. The molecule has 0 aromatic rings. The SMILES string of the molecule is CC1=C(C)[C@H](N2CCOCC2)CS(=O)(=O)O1. The van der Waals surface area contributed by atoms with E-state index < -0.39 is 10.1 Å². The van der Waals surface area contributed by atoms with E-state index in [1.807, 2.05) is 6.92 Å². The summed E-state index contributed by atoms with van der Waals surface area (Å²) >= 11 is 0. The number of hydrogen-bond acceptors (Lipinski definition) is 5. The van der Waals surface area contributed by atoms with Crippen LogP contribution in [0.15, 0.2) is 11.3 Å². The van der Waals surface area contributed by atoms with Crippen LogP contribution in [-0.2, 0) is 19.0 Å². The molecule has 0 radical (unpaired) electrons. The normalized spacial score (nSPS) is 31.2. The number of nitrogens with zero attached hydrogens (tertiary/aromatic N) is 1. The van der Waals surface area contributed by atoms with Gasteiger partial charge in [-0.05, 0) is 19.4 Å². The van der Waals surface area contributed by atoms with E-state index in [-0.39, 0.29) is 11.8 Å². The first kappa shape index (κ1) is 11.9. The Labute approximate surface area is 96.1 Å². The lowest BCUT2D eigenvalue weighted by Crippen LogP contribution is -2.49. The average molecular weight is 247 g/mol. The topological polar surface area (TPSA) is 55.8 Å². The maximum absolute atomic E-state index is 11.5. The van der Waals surface area contributed by atoms with Crippen molar-refractivity contribution in [3.05, 3.63) is 11.3 Å². The summed E-state index contributed by atoms with van der Waals surface area (Å²) in [6.07, 6.45) is 0. The summed E-state index contributed by atoms with van der Waals surface area (Å²) in [6, 6.07) is -0.0531. The van der Waals surface area contributed by atoms with E-state index in [0.29, 0.717) is 19.0 Å². The molecule has 0 amide bonds. The van der Waals surface area contributed by atoms with Gasteiger partial charge >= 0.3 is 10.1 Å². The molecule has 0 saturated carbocycles. The number of rotatable bonds is 1. The molecule has 0 aromatic heterocycles. The summed E-state index contributed by atoms with van der Waals surface area (Å²) in [4.78, 5) is 2.16. The van der Waals surface area contributed by atoms with Crippen LogP contribution in [-0.4, -0.2) is 51.4 Å². The Morgan fingerprint density at radius 2 is 1.88 bits per heavy atom. The van der Waals surface area contributed by atoms with Crippen LogP contribution in [0.5, 0.6) is 0 Å². The molecule has 92 valence electrons. The van der Waals surface area contributed by atoms with Crippen LogP contribution in [0, 0.1) is 0 Å². The zero-order valence-corrected chi connectivity index (χ0v) is 10.4. The predicted octanol–water partition coefficient (Wildman–Crippen LogP) is 0.341. The highest BCUT2D eigenvalue weighted by molar-refractivity contribution is 7.86. The molecule has 16 heavy (non-hydrogen) atoms. The number of allylic oxidation sites excluding steroid dienone is 1. The summed E-state index contributed by atoms with van der Waals surface area (Å²) < 4.78 is 33.3. The van der Waals surface area contributed by atoms with Crippen molar-refractivity contribution in [1.29, 1.82) is 0 Å². The minimum Gasteiger partial charge on any atom is -0.387 e. The summed E-state index contributed by atoms with van der Waals surface area (Å²) in [6.45, 7) is 6.55. The maximum atomic E-state index is 11.5. The second-order valence-electron chi connectivity index (χ2n) is 4.21. The van der Waals surface area contributed by atoms with Gasteiger partial charge < -0.3 is 8.92 Å². The first-order valence-electron chi connectivity index (χ1n) is 5.41. The largest absolute Gasteiger partial charge is 0.387 e. The van der Waals surface area contributed by atoms with Gasteiger partial charge in [0.1, 0.15) is 11.5 Å². The minimum absolute atomic E-state index is 0.0518. The first-order valence-corrected chi connectivity index (χ1v) is 6.99. The Morgan fingerprint density at radius 1 is 1.25 bits per heavy atom. The summed E-state index contributed by atoms with van der Waals surface area (Å²) in [7, 11) is -3.40. The fraction of sp³-hybridized carbons (Fsp3) is 0.800. The van der Waals surface area contributed by atoms with E-state index in [4.69, 9.17) is 8.92 Å². The molecule has 1 fully saturated rings. The molecule has 1 saturated heterocycles. The van der Waals surface area contributed by atoms with Gasteiger partial charge in [-0.25, -0.2) is 0 Å². The predicted molar refractivity (Wildman–Crippen MR) is 59.4 cm³/mol. The Hall–Kier alpha value is -0.590. The second-order valence-corrected chi connectivity index (χ2v) is 5.83. The molecule has 0 spiro atoms. The molecular weight excluding hydrogens is 230 g/mol. The molecule has 2 rings (SSSR count). The van der Waals surface area contributed by atoms with Crippen LogP contribution in [0.2, 0.25) is 0 Å². The maximum Gasteiger partial charge on any atom is 0.310 e. The standard InChI is InChI=1S/C10H17NO4S/c1-8-9(2)15-16(12,13)7-10(8)11-3-5-14-6-4-11/h10H,3-7H2,1-2H3/t10-/m1/s1. The van der Waals surface area contributed by atoms with E-state index in [2.05, 4.69) is 4.90 Å². The van der Waals surface area contributed by atoms with Crippen LogP contribution in [0.4, 0.5) is 0 Å². The van der Waals surface area contributed by atoms with Crippen LogP contribution in [0.25, 0.3) is 0 Å². The van der Waals surface area contributed by atoms with Gasteiger partial charge in [0.2, 0.25) is 0 Å². The highest BCUT2D eigenvalue weighted by atomic mass is 32.2. The van der Waals surface area contributed by atoms with Gasteiger partial charge in [0, 0.05) is 13.1 Å². The van der Waals surface area contributed by atoms with Crippen molar-refractivity contribution in [2.75, 3.05) is 32.1 Å². The Morgan fingerprint density at radius 3 is 2.50 bits per heavy atom. The molecule has 0 N–H and O–H groups in total. The van der Waals surface area contributed by atoms with Crippen molar-refractivity contribution >= 4 is 10.1 Å². The Kier molecular flexibility index (Phi) is 3.23. The quantitative estimate of drug-likeness (QED) is 0.625. The third-order valence-corrected chi connectivity index (χ3v) is 4.38. The van der Waals surface area contributed by atoms with Gasteiger partial charge in [-0.3, -0.25) is 4.90 Å². The lowest BCUT2D eigenvalue weighted by atomic mass is 10.1. The van der Waals surface area contributed by atoms with E-state index in [9.17, 15) is 8.42 Å². The van der Waals surface area contributed by atoms with Crippen LogP contribution in [0.1, 0.15) is 13.8 Å². The number of morpholine rings is 1. The second kappa shape index (κ2) is 4.35. The third kappa shape index (κ3) is 2.39. The fourth-order valence-corrected chi connectivity index (χ4v) is 3.54. The van der Waals surface area contributed by atoms with Gasteiger partial charge in [-0.15, -0.1) is 0 Å². The molecule has 0 unspecified atom stereocenters. The lowest BCUT2D eigenvalue weighted by molar-refractivity contribution is 0.0256. The van der Waals surface area contributed by atoms with Gasteiger partial charge in [-0.2, -0.15) is 8.42 Å². The smallest absolute Gasteiger partial charge is 0.310 e. The zero-order chi connectivity index (χ0) is 11.8. The lowest BCUT2D eigenvalue weighted by Gasteiger charge is -2.37. The third-order valence-electron chi connectivity index (χ3n) is 3.16. The van der Waals surface area contributed by atoms with Crippen LogP contribution < -0.4 is 0 Å². The van der Waals surface area contributed by atoms with Crippen molar-refractivity contribution in [3.63, 3.8) is 0 Å². The Bertz CT molecular complexity index is 395. The van der Waals surface area contributed by atoms with Gasteiger partial charge in [0.25, 0.3) is 0 Å². The molecule has 0 aromatic carbocycles. The average Bonchev–Trinajstić information content (AvgIpc) is 2.24. The van der Waals surface area contributed by atoms with Crippen LogP contribution in [0.3, 0.4) is 0 Å². The van der Waals surface area contributed by atoms with Crippen molar-refractivity contribution in [1.82, 2.24) is 4.90 Å². The fourth-order valence-electron chi connectivity index (χ4n) is 2.11. The number of ether oxygens (including phenoxy) is 1. The van der Waals surface area contributed by atoms with Crippen molar-refractivity contribution < 1.29 is 17.3 Å². The molecule has 5 nitrogen and oxygen atoms in total. The highest BCUT2D eigenvalue weighted by Gasteiger charge is 2.34. The molecule has 1 atom stereocenters. The van der Waals surface area contributed by atoms with Gasteiger partial charge in [-0.1, -0.05) is 0 Å². The van der Waals surface area contributed by atoms with E-state index in [1.54, 1.807) is 6.92 Å². The van der Waals surface area contributed by atoms with E-state index in [1.165, 1.54) is 0 Å². The summed E-state index contributed by atoms with van der Waals surface area (Å²) in [5, 5.41) is 0. The monoisotopic (exact) mass is 247 g/mol. The van der Waals surface area contributed by atoms with E-state index >= 15 is 0 Å². The van der Waals surface area contributed by atoms with Crippen molar-refractivity contribution in [3.8, 4) is 0 Å². The molecule has 2 aliphatic rings. The molecule has 6 heteroatoms. The van der Waals surface area contributed by atoms with Gasteiger partial charge in [0.15, 0.2) is 0 Å². The highest BCUT2D eigenvalue weighted by Crippen LogP contribution is 2.25. The molecule has 2 aliphatic heterocycles. The van der Waals surface area contributed by atoms with E-state index in [0.717, 1.165) is 18.7 Å². The first-order chi connectivity index (χ1) is 7.49. The molecule has 0 bridgehead atoms. The van der Waals surface area contributed by atoms with Crippen molar-refractivity contribution in [2.24, 2.45) is 0 Å². The number of hydrogen-bond donors (Lipinski definition) is 0. The van der Waals surface area contributed by atoms with Crippen molar-refractivity contribution in [2.45, 2.75) is 19.9 Å². The molecule has 0 aliphatic carbocycles. The zero-order valence-electron chi connectivity index (χ0n) is 9.60. The molecular formula is C10H17NO4S. The van der Waals surface area contributed by atoms with Crippen LogP contribution >= 0.6 is 0 Å². The minimum atomic E-state index is -3.40. The molecule has 2 heterocycles. The van der Waals surface area contributed by atoms with Gasteiger partial charge in [0.05, 0.1) is 19.3 Å². The Balaban J connectivity index is 2.22. The summed E-state index contributed by atoms with van der Waals surface area (Å²) in [5.41, 5.74) is 1.01.